The maximum atomic E-state index is 5.43. The molecule has 2 aromatic rings. The fourth-order valence-electron chi connectivity index (χ4n) is 2.46. The monoisotopic (exact) mass is 350 g/mol. The third-order valence-electron chi connectivity index (χ3n) is 3.76. The number of furan rings is 1. The third-order valence-corrected chi connectivity index (χ3v) is 4.29. The summed E-state index contributed by atoms with van der Waals surface area (Å²) in [5.74, 6) is 1.03. The summed E-state index contributed by atoms with van der Waals surface area (Å²) in [5.41, 5.74) is 1.33. The van der Waals surface area contributed by atoms with Gasteiger partial charge in [0.05, 0.1) is 12.8 Å². The van der Waals surface area contributed by atoms with E-state index in [1.54, 1.807) is 6.26 Å². The van der Waals surface area contributed by atoms with E-state index in [1.807, 2.05) is 19.2 Å². The van der Waals surface area contributed by atoms with Crippen LogP contribution >= 0.6 is 15.9 Å². The second-order valence-corrected chi connectivity index (χ2v) is 6.05. The number of benzene rings is 1. The van der Waals surface area contributed by atoms with Gasteiger partial charge < -0.3 is 9.73 Å². The highest BCUT2D eigenvalue weighted by molar-refractivity contribution is 9.10. The summed E-state index contributed by atoms with van der Waals surface area (Å²) >= 11 is 3.48. The molecule has 1 N–H and O–H groups in total. The molecule has 1 atom stereocenters. The fraction of sp³-hybridized carbons (Fsp3) is 0.412. The SMILES string of the molecule is CCN(CCC(NC)c1ccc(Br)cc1)Cc1ccco1. The summed E-state index contributed by atoms with van der Waals surface area (Å²) in [7, 11) is 2.02. The average molecular weight is 351 g/mol. The maximum Gasteiger partial charge on any atom is 0.117 e. The second kappa shape index (κ2) is 8.37. The molecular weight excluding hydrogens is 328 g/mol. The minimum Gasteiger partial charge on any atom is -0.468 e. The summed E-state index contributed by atoms with van der Waals surface area (Å²) in [6.07, 6.45) is 2.81. The van der Waals surface area contributed by atoms with Gasteiger partial charge in [-0.25, -0.2) is 0 Å². The van der Waals surface area contributed by atoms with Crippen LogP contribution in [0, 0.1) is 0 Å². The molecule has 1 unspecified atom stereocenters. The van der Waals surface area contributed by atoms with Gasteiger partial charge in [-0.2, -0.15) is 0 Å². The molecule has 2 rings (SSSR count). The number of halogens is 1. The van der Waals surface area contributed by atoms with Crippen LogP contribution in [0.5, 0.6) is 0 Å². The van der Waals surface area contributed by atoms with Gasteiger partial charge in [0.15, 0.2) is 0 Å². The lowest BCUT2D eigenvalue weighted by atomic mass is 10.0. The van der Waals surface area contributed by atoms with Crippen LogP contribution in [-0.2, 0) is 6.54 Å². The molecule has 0 amide bonds. The van der Waals surface area contributed by atoms with E-state index in [0.717, 1.165) is 36.3 Å². The molecule has 4 heteroatoms. The molecule has 1 aromatic carbocycles. The van der Waals surface area contributed by atoms with Gasteiger partial charge in [0.2, 0.25) is 0 Å². The van der Waals surface area contributed by atoms with E-state index < -0.39 is 0 Å². The minimum absolute atomic E-state index is 0.378. The molecule has 1 heterocycles. The van der Waals surface area contributed by atoms with Crippen LogP contribution in [0.1, 0.15) is 30.7 Å². The van der Waals surface area contributed by atoms with Crippen molar-refractivity contribution in [1.82, 2.24) is 10.2 Å². The molecule has 114 valence electrons. The molecule has 0 fully saturated rings. The van der Waals surface area contributed by atoms with Crippen LogP contribution in [0.3, 0.4) is 0 Å². The van der Waals surface area contributed by atoms with Crippen molar-refractivity contribution in [2.45, 2.75) is 25.9 Å². The lowest BCUT2D eigenvalue weighted by Crippen LogP contribution is -2.28. The van der Waals surface area contributed by atoms with E-state index in [4.69, 9.17) is 4.42 Å². The smallest absolute Gasteiger partial charge is 0.117 e. The topological polar surface area (TPSA) is 28.4 Å². The minimum atomic E-state index is 0.378. The quantitative estimate of drug-likeness (QED) is 0.772. The summed E-state index contributed by atoms with van der Waals surface area (Å²) in [5, 5.41) is 3.41. The Morgan fingerprint density at radius 2 is 2.00 bits per heavy atom. The normalized spacial score (nSPS) is 12.8. The second-order valence-electron chi connectivity index (χ2n) is 5.13. The average Bonchev–Trinajstić information content (AvgIpc) is 3.01. The van der Waals surface area contributed by atoms with E-state index in [9.17, 15) is 0 Å². The van der Waals surface area contributed by atoms with Gasteiger partial charge in [-0.3, -0.25) is 4.90 Å². The van der Waals surface area contributed by atoms with Gasteiger partial charge in [-0.05, 0) is 49.8 Å². The molecule has 0 spiro atoms. The van der Waals surface area contributed by atoms with Crippen molar-refractivity contribution in [2.75, 3.05) is 20.1 Å². The highest BCUT2D eigenvalue weighted by Gasteiger charge is 2.12. The molecule has 0 aliphatic rings. The molecule has 21 heavy (non-hydrogen) atoms. The number of rotatable bonds is 8. The van der Waals surface area contributed by atoms with Gasteiger partial charge in [-0.1, -0.05) is 35.0 Å². The van der Waals surface area contributed by atoms with E-state index in [1.165, 1.54) is 5.56 Å². The van der Waals surface area contributed by atoms with Crippen molar-refractivity contribution in [1.29, 1.82) is 0 Å². The van der Waals surface area contributed by atoms with Gasteiger partial charge in [0.25, 0.3) is 0 Å². The summed E-state index contributed by atoms with van der Waals surface area (Å²) in [4.78, 5) is 2.40. The number of nitrogens with zero attached hydrogens (tertiary/aromatic N) is 1. The highest BCUT2D eigenvalue weighted by Crippen LogP contribution is 2.20. The van der Waals surface area contributed by atoms with Crippen LogP contribution in [-0.4, -0.2) is 25.0 Å². The Kier molecular flexibility index (Phi) is 6.49. The zero-order valence-corrected chi connectivity index (χ0v) is 14.3. The first-order chi connectivity index (χ1) is 10.2. The van der Waals surface area contributed by atoms with Crippen LogP contribution in [0.2, 0.25) is 0 Å². The highest BCUT2D eigenvalue weighted by atomic mass is 79.9. The van der Waals surface area contributed by atoms with Crippen LogP contribution < -0.4 is 5.32 Å². The Labute approximate surface area is 135 Å². The molecule has 3 nitrogen and oxygen atoms in total. The summed E-state index contributed by atoms with van der Waals surface area (Å²) in [6.45, 7) is 5.13. The van der Waals surface area contributed by atoms with E-state index >= 15 is 0 Å². The Morgan fingerprint density at radius 3 is 2.57 bits per heavy atom. The number of hydrogen-bond donors (Lipinski definition) is 1. The largest absolute Gasteiger partial charge is 0.468 e. The van der Waals surface area contributed by atoms with Crippen molar-refractivity contribution in [3.63, 3.8) is 0 Å². The molecular formula is C17H23BrN2O. The van der Waals surface area contributed by atoms with Crippen molar-refractivity contribution < 1.29 is 4.42 Å². The zero-order valence-electron chi connectivity index (χ0n) is 12.7. The van der Waals surface area contributed by atoms with Crippen molar-refractivity contribution >= 4 is 15.9 Å². The molecule has 0 saturated carbocycles. The van der Waals surface area contributed by atoms with Gasteiger partial charge >= 0.3 is 0 Å². The zero-order chi connectivity index (χ0) is 15.1. The van der Waals surface area contributed by atoms with Gasteiger partial charge in [0.1, 0.15) is 5.76 Å². The number of nitrogens with one attached hydrogen (secondary N) is 1. The third kappa shape index (κ3) is 4.99. The standard InChI is InChI=1S/C17H23BrN2O/c1-3-20(13-16-5-4-12-21-16)11-10-17(19-2)14-6-8-15(18)9-7-14/h4-9,12,17,19H,3,10-11,13H2,1-2H3. The van der Waals surface area contributed by atoms with Crippen LogP contribution in [0.4, 0.5) is 0 Å². The van der Waals surface area contributed by atoms with Crippen LogP contribution in [0.25, 0.3) is 0 Å². The molecule has 0 saturated heterocycles. The van der Waals surface area contributed by atoms with E-state index in [-0.39, 0.29) is 0 Å². The van der Waals surface area contributed by atoms with E-state index in [2.05, 4.69) is 57.3 Å². The lowest BCUT2D eigenvalue weighted by molar-refractivity contribution is 0.242. The Morgan fingerprint density at radius 1 is 1.24 bits per heavy atom. The molecule has 0 aliphatic heterocycles. The van der Waals surface area contributed by atoms with Crippen molar-refractivity contribution in [3.05, 3.63) is 58.5 Å². The molecule has 0 aliphatic carbocycles. The fourth-order valence-corrected chi connectivity index (χ4v) is 2.72. The van der Waals surface area contributed by atoms with Gasteiger partial charge in [0, 0.05) is 17.1 Å². The lowest BCUT2D eigenvalue weighted by Gasteiger charge is -2.23. The molecule has 0 bridgehead atoms. The summed E-state index contributed by atoms with van der Waals surface area (Å²) < 4.78 is 6.55. The van der Waals surface area contributed by atoms with Crippen LogP contribution in [0.15, 0.2) is 51.6 Å². The van der Waals surface area contributed by atoms with E-state index in [0.29, 0.717) is 6.04 Å². The molecule has 0 radical (unpaired) electrons. The maximum absolute atomic E-state index is 5.43. The Balaban J connectivity index is 1.90. The van der Waals surface area contributed by atoms with Gasteiger partial charge in [-0.15, -0.1) is 0 Å². The first-order valence-corrected chi connectivity index (χ1v) is 8.19. The number of hydrogen-bond acceptors (Lipinski definition) is 3. The molecule has 1 aromatic heterocycles. The predicted molar refractivity (Wildman–Crippen MR) is 90.2 cm³/mol. The Bertz CT molecular complexity index is 510. The Hall–Kier alpha value is -1.10. The summed E-state index contributed by atoms with van der Waals surface area (Å²) in [6, 6.07) is 12.9. The first kappa shape index (κ1) is 16.3. The predicted octanol–water partition coefficient (Wildman–Crippen LogP) is 4.21. The van der Waals surface area contributed by atoms with Crippen molar-refractivity contribution in [3.8, 4) is 0 Å². The first-order valence-electron chi connectivity index (χ1n) is 7.40. The van der Waals surface area contributed by atoms with Crippen molar-refractivity contribution in [2.24, 2.45) is 0 Å².